The van der Waals surface area contributed by atoms with Crippen molar-refractivity contribution in [1.29, 1.82) is 0 Å². The van der Waals surface area contributed by atoms with Crippen LogP contribution in [0.3, 0.4) is 0 Å². The normalized spacial score (nSPS) is 17.0. The monoisotopic (exact) mass is 286 g/mol. The van der Waals surface area contributed by atoms with Gasteiger partial charge < -0.3 is 10.4 Å². The number of aliphatic hydroxyl groups is 1. The third-order valence-corrected chi connectivity index (χ3v) is 4.00. The van der Waals surface area contributed by atoms with Crippen molar-refractivity contribution in [3.8, 4) is 0 Å². The molecular weight excluding hydrogens is 264 g/mol. The van der Waals surface area contributed by atoms with Gasteiger partial charge in [0.05, 0.1) is 18.3 Å². The molecule has 0 aliphatic carbocycles. The van der Waals surface area contributed by atoms with Crippen LogP contribution in [-0.2, 0) is 13.1 Å². The lowest BCUT2D eigenvalue weighted by molar-refractivity contribution is 0.0793. The van der Waals surface area contributed by atoms with Crippen LogP contribution in [-0.4, -0.2) is 39.4 Å². The molecule has 0 bridgehead atoms. The number of aromatic amines is 1. The van der Waals surface area contributed by atoms with Crippen molar-refractivity contribution in [2.75, 3.05) is 18.4 Å². The Balaban J connectivity index is 1.62. The number of likely N-dealkylation sites (tertiary alicyclic amines) is 1. The first-order valence-corrected chi connectivity index (χ1v) is 7.52. The van der Waals surface area contributed by atoms with Gasteiger partial charge >= 0.3 is 0 Å². The highest BCUT2D eigenvalue weighted by atomic mass is 16.3. The van der Waals surface area contributed by atoms with Gasteiger partial charge in [0.1, 0.15) is 0 Å². The highest BCUT2D eigenvalue weighted by molar-refractivity contribution is 5.51. The average Bonchev–Trinajstić information content (AvgIpc) is 3.02. The van der Waals surface area contributed by atoms with E-state index >= 15 is 0 Å². The molecule has 2 heterocycles. The number of para-hydroxylation sites is 1. The standard InChI is InChI=1S/C16H22N4O/c21-15-6-9-20(10-7-15)12-13-3-1-2-4-16(13)17-11-14-5-8-18-19-14/h1-5,8,15,17,21H,6-7,9-12H2,(H,18,19). The average molecular weight is 286 g/mol. The van der Waals surface area contributed by atoms with E-state index < -0.39 is 0 Å². The Hall–Kier alpha value is -1.85. The molecule has 1 aliphatic rings. The van der Waals surface area contributed by atoms with Crippen LogP contribution in [0.2, 0.25) is 0 Å². The van der Waals surface area contributed by atoms with Gasteiger partial charge in [-0.2, -0.15) is 5.10 Å². The van der Waals surface area contributed by atoms with Gasteiger partial charge in [-0.05, 0) is 30.5 Å². The highest BCUT2D eigenvalue weighted by Crippen LogP contribution is 2.20. The number of piperidine rings is 1. The molecular formula is C16H22N4O. The maximum absolute atomic E-state index is 9.59. The van der Waals surface area contributed by atoms with Crippen LogP contribution >= 0.6 is 0 Å². The van der Waals surface area contributed by atoms with E-state index in [1.54, 1.807) is 6.20 Å². The van der Waals surface area contributed by atoms with Gasteiger partial charge in [0.25, 0.3) is 0 Å². The minimum atomic E-state index is -0.116. The topological polar surface area (TPSA) is 64.2 Å². The molecule has 112 valence electrons. The second-order valence-corrected chi connectivity index (χ2v) is 5.60. The van der Waals surface area contributed by atoms with E-state index in [2.05, 4.69) is 44.7 Å². The summed E-state index contributed by atoms with van der Waals surface area (Å²) >= 11 is 0. The molecule has 1 aromatic carbocycles. The molecule has 3 rings (SSSR count). The second kappa shape index (κ2) is 6.74. The summed E-state index contributed by atoms with van der Waals surface area (Å²) < 4.78 is 0. The summed E-state index contributed by atoms with van der Waals surface area (Å²) in [7, 11) is 0. The molecule has 3 N–H and O–H groups in total. The Morgan fingerprint density at radius 3 is 2.81 bits per heavy atom. The molecule has 21 heavy (non-hydrogen) atoms. The van der Waals surface area contributed by atoms with Crippen molar-refractivity contribution in [2.24, 2.45) is 0 Å². The zero-order valence-corrected chi connectivity index (χ0v) is 12.1. The number of nitrogens with zero attached hydrogens (tertiary/aromatic N) is 2. The first kappa shape index (κ1) is 14.1. The zero-order chi connectivity index (χ0) is 14.5. The zero-order valence-electron chi connectivity index (χ0n) is 12.1. The largest absolute Gasteiger partial charge is 0.393 e. The summed E-state index contributed by atoms with van der Waals surface area (Å²) in [6, 6.07) is 10.4. The molecule has 5 heteroatoms. The van der Waals surface area contributed by atoms with Crippen LogP contribution in [0.5, 0.6) is 0 Å². The van der Waals surface area contributed by atoms with Gasteiger partial charge in [-0.3, -0.25) is 10.00 Å². The van der Waals surface area contributed by atoms with Gasteiger partial charge in [-0.1, -0.05) is 18.2 Å². The number of hydrogen-bond acceptors (Lipinski definition) is 4. The molecule has 1 saturated heterocycles. The quantitative estimate of drug-likeness (QED) is 0.786. The smallest absolute Gasteiger partial charge is 0.0567 e. The number of aromatic nitrogens is 2. The van der Waals surface area contributed by atoms with Crippen LogP contribution in [0.1, 0.15) is 24.1 Å². The second-order valence-electron chi connectivity index (χ2n) is 5.60. The molecule has 1 aliphatic heterocycles. The maximum atomic E-state index is 9.59. The minimum absolute atomic E-state index is 0.116. The lowest BCUT2D eigenvalue weighted by Gasteiger charge is -2.30. The molecule has 0 unspecified atom stereocenters. The lowest BCUT2D eigenvalue weighted by Crippen LogP contribution is -2.35. The van der Waals surface area contributed by atoms with Crippen molar-refractivity contribution in [2.45, 2.75) is 32.0 Å². The molecule has 0 saturated carbocycles. The van der Waals surface area contributed by atoms with Gasteiger partial charge in [-0.15, -0.1) is 0 Å². The summed E-state index contributed by atoms with van der Waals surface area (Å²) in [6.07, 6.45) is 3.41. The predicted molar refractivity (Wildman–Crippen MR) is 82.9 cm³/mol. The highest BCUT2D eigenvalue weighted by Gasteiger charge is 2.17. The van der Waals surface area contributed by atoms with E-state index in [4.69, 9.17) is 0 Å². The van der Waals surface area contributed by atoms with Crippen LogP contribution in [0, 0.1) is 0 Å². The summed E-state index contributed by atoms with van der Waals surface area (Å²) in [4.78, 5) is 2.41. The van der Waals surface area contributed by atoms with Crippen molar-refractivity contribution in [3.05, 3.63) is 47.8 Å². The SMILES string of the molecule is OC1CCN(Cc2ccccc2NCc2ccn[nH]2)CC1. The van der Waals surface area contributed by atoms with Crippen LogP contribution in [0.4, 0.5) is 5.69 Å². The predicted octanol–water partition coefficient (Wildman–Crippen LogP) is 1.98. The Labute approximate surface area is 125 Å². The van der Waals surface area contributed by atoms with Gasteiger partial charge in [0, 0.05) is 31.5 Å². The molecule has 0 amide bonds. The maximum Gasteiger partial charge on any atom is 0.0567 e. The van der Waals surface area contributed by atoms with E-state index in [0.29, 0.717) is 0 Å². The molecule has 2 aromatic rings. The van der Waals surface area contributed by atoms with Gasteiger partial charge in [0.2, 0.25) is 0 Å². The number of benzene rings is 1. The van der Waals surface area contributed by atoms with E-state index in [0.717, 1.165) is 44.7 Å². The van der Waals surface area contributed by atoms with E-state index in [9.17, 15) is 5.11 Å². The summed E-state index contributed by atoms with van der Waals surface area (Å²) in [5, 5.41) is 20.0. The summed E-state index contributed by atoms with van der Waals surface area (Å²) in [6.45, 7) is 3.61. The fraction of sp³-hybridized carbons (Fsp3) is 0.438. The first-order chi connectivity index (χ1) is 10.3. The van der Waals surface area contributed by atoms with Crippen molar-refractivity contribution >= 4 is 5.69 Å². The lowest BCUT2D eigenvalue weighted by atomic mass is 10.1. The minimum Gasteiger partial charge on any atom is -0.393 e. The van der Waals surface area contributed by atoms with Gasteiger partial charge in [0.15, 0.2) is 0 Å². The number of nitrogens with one attached hydrogen (secondary N) is 2. The van der Waals surface area contributed by atoms with E-state index in [1.165, 1.54) is 11.3 Å². The fourth-order valence-corrected chi connectivity index (χ4v) is 2.72. The Kier molecular flexibility index (Phi) is 4.52. The van der Waals surface area contributed by atoms with Crippen LogP contribution < -0.4 is 5.32 Å². The Morgan fingerprint density at radius 1 is 1.24 bits per heavy atom. The van der Waals surface area contributed by atoms with Crippen molar-refractivity contribution < 1.29 is 5.11 Å². The third kappa shape index (κ3) is 3.83. The Morgan fingerprint density at radius 2 is 2.05 bits per heavy atom. The summed E-state index contributed by atoms with van der Waals surface area (Å²) in [5.41, 5.74) is 3.54. The molecule has 0 atom stereocenters. The molecule has 0 spiro atoms. The fourth-order valence-electron chi connectivity index (χ4n) is 2.72. The third-order valence-electron chi connectivity index (χ3n) is 4.00. The van der Waals surface area contributed by atoms with Crippen molar-refractivity contribution in [3.63, 3.8) is 0 Å². The molecule has 5 nitrogen and oxygen atoms in total. The number of aliphatic hydroxyl groups excluding tert-OH is 1. The van der Waals surface area contributed by atoms with Gasteiger partial charge in [-0.25, -0.2) is 0 Å². The number of anilines is 1. The van der Waals surface area contributed by atoms with Crippen LogP contribution in [0.25, 0.3) is 0 Å². The Bertz CT molecular complexity index is 547. The number of hydrogen-bond donors (Lipinski definition) is 3. The van der Waals surface area contributed by atoms with Crippen molar-refractivity contribution in [1.82, 2.24) is 15.1 Å². The van der Waals surface area contributed by atoms with Crippen LogP contribution in [0.15, 0.2) is 36.5 Å². The number of H-pyrrole nitrogens is 1. The molecule has 0 radical (unpaired) electrons. The number of rotatable bonds is 5. The molecule has 1 aromatic heterocycles. The van der Waals surface area contributed by atoms with E-state index in [1.807, 2.05) is 6.07 Å². The molecule has 1 fully saturated rings. The van der Waals surface area contributed by atoms with E-state index in [-0.39, 0.29) is 6.10 Å². The first-order valence-electron chi connectivity index (χ1n) is 7.52. The summed E-state index contributed by atoms with van der Waals surface area (Å²) in [5.74, 6) is 0.